The van der Waals surface area contributed by atoms with Gasteiger partial charge in [-0.25, -0.2) is 0 Å². The van der Waals surface area contributed by atoms with Gasteiger partial charge in [0.25, 0.3) is 0 Å². The number of hydrogen-bond acceptors (Lipinski definition) is 3. The molecule has 4 nitrogen and oxygen atoms in total. The van der Waals surface area contributed by atoms with E-state index in [1.807, 2.05) is 13.1 Å². The summed E-state index contributed by atoms with van der Waals surface area (Å²) in [4.78, 5) is 0. The molecular formula is C19H16N4S. The molecule has 1 heterocycles. The van der Waals surface area contributed by atoms with Crippen molar-refractivity contribution in [2.45, 2.75) is 13.3 Å². The van der Waals surface area contributed by atoms with Crippen LogP contribution in [0.1, 0.15) is 18.3 Å². The van der Waals surface area contributed by atoms with E-state index in [0.29, 0.717) is 4.77 Å². The van der Waals surface area contributed by atoms with Gasteiger partial charge in [-0.2, -0.15) is 14.9 Å². The minimum Gasteiger partial charge on any atom is -0.250 e. The van der Waals surface area contributed by atoms with Gasteiger partial charge in [-0.3, -0.25) is 5.10 Å². The lowest BCUT2D eigenvalue weighted by Gasteiger charge is -2.08. The summed E-state index contributed by atoms with van der Waals surface area (Å²) >= 11 is 5.28. The van der Waals surface area contributed by atoms with E-state index in [4.69, 9.17) is 12.2 Å². The van der Waals surface area contributed by atoms with Gasteiger partial charge in [-0.05, 0) is 39.8 Å². The Hall–Kier alpha value is -2.79. The van der Waals surface area contributed by atoms with E-state index in [2.05, 4.69) is 69.9 Å². The summed E-state index contributed by atoms with van der Waals surface area (Å²) in [5.41, 5.74) is 1.09. The Labute approximate surface area is 144 Å². The fourth-order valence-corrected chi connectivity index (χ4v) is 3.17. The van der Waals surface area contributed by atoms with Gasteiger partial charge in [-0.15, -0.1) is 0 Å². The van der Waals surface area contributed by atoms with Crippen molar-refractivity contribution in [3.63, 3.8) is 0 Å². The molecule has 0 saturated heterocycles. The molecule has 0 saturated carbocycles. The van der Waals surface area contributed by atoms with Crippen LogP contribution in [0.3, 0.4) is 0 Å². The van der Waals surface area contributed by atoms with Crippen molar-refractivity contribution in [2.24, 2.45) is 5.10 Å². The second-order valence-electron chi connectivity index (χ2n) is 5.59. The van der Waals surface area contributed by atoms with Gasteiger partial charge in [0.15, 0.2) is 5.82 Å². The summed E-state index contributed by atoms with van der Waals surface area (Å²) in [7, 11) is 0. The SMILES string of the molecule is CCc1n[nH]c(=S)n1/N=C\c1c2ccccc2cc2ccccc12. The maximum atomic E-state index is 5.28. The zero-order chi connectivity index (χ0) is 16.5. The Morgan fingerprint density at radius 2 is 1.71 bits per heavy atom. The molecule has 0 bridgehead atoms. The summed E-state index contributed by atoms with van der Waals surface area (Å²) in [6.07, 6.45) is 2.65. The number of benzene rings is 3. The zero-order valence-electron chi connectivity index (χ0n) is 13.2. The van der Waals surface area contributed by atoms with Gasteiger partial charge in [-0.1, -0.05) is 55.5 Å². The summed E-state index contributed by atoms with van der Waals surface area (Å²) in [5, 5.41) is 16.3. The largest absolute Gasteiger partial charge is 0.250 e. The van der Waals surface area contributed by atoms with Crippen LogP contribution in [0.4, 0.5) is 0 Å². The predicted octanol–water partition coefficient (Wildman–Crippen LogP) is 4.69. The maximum absolute atomic E-state index is 5.28. The summed E-state index contributed by atoms with van der Waals surface area (Å²) in [6, 6.07) is 18.9. The lowest BCUT2D eigenvalue weighted by Crippen LogP contribution is -1.98. The average molecular weight is 332 g/mol. The second kappa shape index (κ2) is 6.02. The lowest BCUT2D eigenvalue weighted by molar-refractivity contribution is 0.780. The highest BCUT2D eigenvalue weighted by molar-refractivity contribution is 7.71. The molecule has 0 unspecified atom stereocenters. The third kappa shape index (κ3) is 2.43. The summed E-state index contributed by atoms with van der Waals surface area (Å²) in [5.74, 6) is 0.820. The van der Waals surface area contributed by atoms with E-state index in [9.17, 15) is 0 Å². The van der Waals surface area contributed by atoms with Gasteiger partial charge in [0.2, 0.25) is 4.77 Å². The van der Waals surface area contributed by atoms with Crippen molar-refractivity contribution < 1.29 is 0 Å². The van der Waals surface area contributed by atoms with Crippen LogP contribution in [0.15, 0.2) is 59.7 Å². The fraction of sp³-hybridized carbons (Fsp3) is 0.105. The molecule has 0 aliphatic rings. The summed E-state index contributed by atoms with van der Waals surface area (Å²) < 4.78 is 2.19. The molecule has 118 valence electrons. The fourth-order valence-electron chi connectivity index (χ4n) is 2.98. The number of hydrogen-bond donors (Lipinski definition) is 1. The second-order valence-corrected chi connectivity index (χ2v) is 5.97. The molecule has 0 amide bonds. The minimum atomic E-state index is 0.507. The smallest absolute Gasteiger partial charge is 0.216 e. The zero-order valence-corrected chi connectivity index (χ0v) is 14.0. The Morgan fingerprint density at radius 3 is 2.33 bits per heavy atom. The molecule has 4 rings (SSSR count). The van der Waals surface area contributed by atoms with Crippen LogP contribution in [0.2, 0.25) is 0 Å². The average Bonchev–Trinajstić information content (AvgIpc) is 2.98. The number of aromatic nitrogens is 3. The molecule has 5 heteroatoms. The van der Waals surface area contributed by atoms with Gasteiger partial charge < -0.3 is 0 Å². The Bertz CT molecular complexity index is 1070. The molecule has 0 spiro atoms. The van der Waals surface area contributed by atoms with Crippen molar-refractivity contribution in [3.05, 3.63) is 70.8 Å². The first-order valence-corrected chi connectivity index (χ1v) is 8.30. The van der Waals surface area contributed by atoms with E-state index in [-0.39, 0.29) is 0 Å². The molecule has 3 aromatic carbocycles. The van der Waals surface area contributed by atoms with Crippen molar-refractivity contribution in [1.82, 2.24) is 14.9 Å². The van der Waals surface area contributed by atoms with E-state index in [1.165, 1.54) is 21.5 Å². The normalized spacial score (nSPS) is 11.7. The van der Waals surface area contributed by atoms with Gasteiger partial charge >= 0.3 is 0 Å². The van der Waals surface area contributed by atoms with Crippen molar-refractivity contribution in [2.75, 3.05) is 0 Å². The number of nitrogens with zero attached hydrogens (tertiary/aromatic N) is 3. The van der Waals surface area contributed by atoms with Crippen LogP contribution in [0.5, 0.6) is 0 Å². The molecule has 0 fully saturated rings. The predicted molar refractivity (Wildman–Crippen MR) is 101 cm³/mol. The highest BCUT2D eigenvalue weighted by atomic mass is 32.1. The molecule has 0 aliphatic carbocycles. The first-order valence-electron chi connectivity index (χ1n) is 7.89. The number of H-pyrrole nitrogens is 1. The molecule has 0 atom stereocenters. The maximum Gasteiger partial charge on any atom is 0.216 e. The van der Waals surface area contributed by atoms with Crippen LogP contribution in [0.25, 0.3) is 21.5 Å². The van der Waals surface area contributed by atoms with Crippen LogP contribution in [-0.2, 0) is 6.42 Å². The molecule has 24 heavy (non-hydrogen) atoms. The lowest BCUT2D eigenvalue weighted by atomic mass is 9.97. The quantitative estimate of drug-likeness (QED) is 0.336. The van der Waals surface area contributed by atoms with E-state index in [0.717, 1.165) is 17.8 Å². The van der Waals surface area contributed by atoms with Crippen LogP contribution >= 0.6 is 12.2 Å². The topological polar surface area (TPSA) is 46.0 Å². The Kier molecular flexibility index (Phi) is 3.70. The molecule has 0 radical (unpaired) electrons. The van der Waals surface area contributed by atoms with Crippen LogP contribution < -0.4 is 0 Å². The number of rotatable bonds is 3. The Balaban J connectivity index is 1.98. The third-order valence-corrected chi connectivity index (χ3v) is 4.41. The van der Waals surface area contributed by atoms with Crippen molar-refractivity contribution >= 4 is 40.0 Å². The van der Waals surface area contributed by atoms with Gasteiger partial charge in [0.1, 0.15) is 0 Å². The van der Waals surface area contributed by atoms with Crippen LogP contribution in [-0.4, -0.2) is 21.1 Å². The number of aromatic amines is 1. The molecule has 1 aromatic heterocycles. The van der Waals surface area contributed by atoms with Gasteiger partial charge in [0.05, 0.1) is 6.21 Å². The van der Waals surface area contributed by atoms with Crippen molar-refractivity contribution in [3.8, 4) is 0 Å². The molecule has 0 aliphatic heterocycles. The van der Waals surface area contributed by atoms with E-state index in [1.54, 1.807) is 4.68 Å². The first-order chi connectivity index (χ1) is 11.8. The van der Waals surface area contributed by atoms with E-state index < -0.39 is 0 Å². The summed E-state index contributed by atoms with van der Waals surface area (Å²) in [6.45, 7) is 2.03. The third-order valence-electron chi connectivity index (χ3n) is 4.15. The molecule has 4 aromatic rings. The molecular weight excluding hydrogens is 316 g/mol. The van der Waals surface area contributed by atoms with Gasteiger partial charge in [0, 0.05) is 12.0 Å². The highest BCUT2D eigenvalue weighted by Gasteiger charge is 2.06. The standard InChI is InChI=1S/C19H16N4S/c1-2-18-21-22-19(24)23(18)20-12-17-15-9-5-3-7-13(15)11-14-8-4-6-10-16(14)17/h3-12H,2H2,1H3,(H,22,24)/b20-12-. The van der Waals surface area contributed by atoms with Crippen molar-refractivity contribution in [1.29, 1.82) is 0 Å². The van der Waals surface area contributed by atoms with Crippen LogP contribution in [0, 0.1) is 4.77 Å². The Morgan fingerprint density at radius 1 is 1.08 bits per heavy atom. The number of fused-ring (bicyclic) bond motifs is 2. The minimum absolute atomic E-state index is 0.507. The molecule has 1 N–H and O–H groups in total. The number of aryl methyl sites for hydroxylation is 1. The van der Waals surface area contributed by atoms with E-state index >= 15 is 0 Å². The first kappa shape index (κ1) is 14.8. The highest BCUT2D eigenvalue weighted by Crippen LogP contribution is 2.27. The monoisotopic (exact) mass is 332 g/mol. The number of nitrogens with one attached hydrogen (secondary N) is 1.